The zero-order valence-electron chi connectivity index (χ0n) is 41.7. The van der Waals surface area contributed by atoms with Gasteiger partial charge in [0.25, 0.3) is 22.9 Å². The summed E-state index contributed by atoms with van der Waals surface area (Å²) in [6, 6.07) is 26.4. The van der Waals surface area contributed by atoms with Gasteiger partial charge in [-0.25, -0.2) is 31.8 Å². The largest absolute Gasteiger partial charge is 0.382 e. The molecule has 8 aromatic rings. The molecule has 0 saturated carbocycles. The van der Waals surface area contributed by atoms with Crippen LogP contribution in [0.5, 0.6) is 0 Å². The highest BCUT2D eigenvalue weighted by Crippen LogP contribution is 2.27. The molecule has 0 saturated heterocycles. The topological polar surface area (TPSA) is 265 Å². The lowest BCUT2D eigenvalue weighted by Gasteiger charge is -2.19. The fourth-order valence-electron chi connectivity index (χ4n) is 8.42. The number of sulfone groups is 2. The monoisotopic (exact) mass is 1120 g/mol. The Balaban J connectivity index is 0.000000278. The van der Waals surface area contributed by atoms with Crippen molar-refractivity contribution in [3.05, 3.63) is 180 Å². The van der Waals surface area contributed by atoms with E-state index in [0.29, 0.717) is 76.6 Å². The van der Waals surface area contributed by atoms with Crippen molar-refractivity contribution in [2.75, 3.05) is 18.2 Å². The van der Waals surface area contributed by atoms with Crippen molar-refractivity contribution in [2.24, 2.45) is 14.1 Å². The van der Waals surface area contributed by atoms with Gasteiger partial charge in [-0.05, 0) is 79.1 Å². The molecule has 0 spiro atoms. The Morgan fingerprint density at radius 3 is 1.45 bits per heavy atom. The first-order chi connectivity index (χ1) is 35.3. The molecule has 4 aromatic carbocycles. The first-order valence-corrected chi connectivity index (χ1v) is 27.9. The van der Waals surface area contributed by atoms with Gasteiger partial charge in [-0.1, -0.05) is 98.7 Å². The number of carbonyl (C=O) groups is 3. The molecule has 4 N–H and O–H groups in total. The number of halogens is 2. The summed E-state index contributed by atoms with van der Waals surface area (Å²) in [6.07, 6.45) is 5.10. The van der Waals surface area contributed by atoms with Crippen molar-refractivity contribution in [2.45, 2.75) is 65.6 Å². The van der Waals surface area contributed by atoms with Gasteiger partial charge in [0.15, 0.2) is 36.9 Å². The van der Waals surface area contributed by atoms with Gasteiger partial charge in [-0.2, -0.15) is 0 Å². The molecule has 8 rings (SSSR count). The Bertz CT molecular complexity index is 3960. The van der Waals surface area contributed by atoms with E-state index in [1.807, 2.05) is 0 Å². The molecule has 18 nitrogen and oxygen atoms in total. The second-order valence-corrected chi connectivity index (χ2v) is 23.2. The highest BCUT2D eigenvalue weighted by atomic mass is 35.5. The molecule has 0 aliphatic heterocycles. The number of benzene rings is 4. The van der Waals surface area contributed by atoms with Gasteiger partial charge in [-0.3, -0.25) is 29.0 Å². The van der Waals surface area contributed by atoms with E-state index < -0.39 is 43.6 Å². The quantitative estimate of drug-likeness (QED) is 0.0924. The van der Waals surface area contributed by atoms with E-state index in [9.17, 15) is 40.8 Å². The van der Waals surface area contributed by atoms with E-state index in [4.69, 9.17) is 28.9 Å². The molecule has 0 aliphatic rings. The van der Waals surface area contributed by atoms with Gasteiger partial charge in [-0.15, -0.1) is 0 Å². The highest BCUT2D eigenvalue weighted by Gasteiger charge is 2.24. The molecule has 0 unspecified atom stereocenters. The molecule has 4 aromatic heterocycles. The maximum atomic E-state index is 13.5. The van der Waals surface area contributed by atoms with Crippen LogP contribution < -0.4 is 27.5 Å². The minimum atomic E-state index is -3.25. The zero-order valence-corrected chi connectivity index (χ0v) is 44.8. The van der Waals surface area contributed by atoms with Crippen LogP contribution in [-0.4, -0.2) is 76.0 Å². The minimum Gasteiger partial charge on any atom is -0.382 e. The lowest BCUT2D eigenvalue weighted by atomic mass is 10.1. The van der Waals surface area contributed by atoms with E-state index in [2.05, 4.69) is 30.6 Å². The van der Waals surface area contributed by atoms with Crippen molar-refractivity contribution in [3.63, 3.8) is 0 Å². The second-order valence-electron chi connectivity index (χ2n) is 18.1. The van der Waals surface area contributed by atoms with Crippen molar-refractivity contribution in [1.82, 2.24) is 39.7 Å². The highest BCUT2D eigenvalue weighted by molar-refractivity contribution is 7.90. The third-order valence-corrected chi connectivity index (χ3v) is 14.2. The lowest BCUT2D eigenvalue weighted by molar-refractivity contribution is -0.116. The number of rotatable bonds is 14. The van der Waals surface area contributed by atoms with E-state index in [1.54, 1.807) is 125 Å². The van der Waals surface area contributed by atoms with Gasteiger partial charge in [0, 0.05) is 49.1 Å². The number of anilines is 1. The van der Waals surface area contributed by atoms with E-state index in [0.717, 1.165) is 12.5 Å². The molecule has 2 atom stereocenters. The maximum absolute atomic E-state index is 13.5. The Kier molecular flexibility index (Phi) is 19.2. The molecule has 77 heavy (non-hydrogen) atoms. The number of Topliss-reactive ketones (excluding diaryl/α,β-unsaturated/α-hetero) is 1. The summed E-state index contributed by atoms with van der Waals surface area (Å²) in [5.74, 6) is -1.65. The molecule has 0 bridgehead atoms. The van der Waals surface area contributed by atoms with Crippen molar-refractivity contribution in [3.8, 4) is 22.5 Å². The van der Waals surface area contributed by atoms with Gasteiger partial charge < -0.3 is 25.5 Å². The van der Waals surface area contributed by atoms with Crippen LogP contribution in [0.4, 0.5) is 5.82 Å². The minimum absolute atomic E-state index is 0. The predicted molar refractivity (Wildman–Crippen MR) is 304 cm³/mol. The fraction of sp³-hybridized carbons (Fsp3) is 0.255. The van der Waals surface area contributed by atoms with Crippen LogP contribution >= 0.6 is 23.2 Å². The lowest BCUT2D eigenvalue weighted by Crippen LogP contribution is -2.33. The van der Waals surface area contributed by atoms with Crippen molar-refractivity contribution in [1.29, 1.82) is 0 Å². The molecule has 4 heterocycles. The zero-order chi connectivity index (χ0) is 54.7. The molecular weight excluding hydrogens is 1070 g/mol. The fourth-order valence-corrected chi connectivity index (χ4v) is 10.5. The molecule has 22 heteroatoms. The predicted octanol–water partition coefficient (Wildman–Crippen LogP) is 8.35. The Morgan fingerprint density at radius 1 is 0.623 bits per heavy atom. The number of fused-ring (bicyclic) bond motifs is 2. The number of ketones is 1. The Hall–Kier alpha value is -7.65. The number of nitrogens with zero attached hydrogens (tertiary/aromatic N) is 6. The molecule has 2 amide bonds. The van der Waals surface area contributed by atoms with E-state index in [1.165, 1.54) is 28.5 Å². The van der Waals surface area contributed by atoms with Crippen LogP contribution in [0, 0.1) is 0 Å². The van der Waals surface area contributed by atoms with Crippen LogP contribution in [0.2, 0.25) is 10.0 Å². The average Bonchev–Trinajstić information content (AvgIpc) is 3.33. The van der Waals surface area contributed by atoms with Gasteiger partial charge in [0.1, 0.15) is 5.78 Å². The summed E-state index contributed by atoms with van der Waals surface area (Å²) >= 11 is 12.5. The summed E-state index contributed by atoms with van der Waals surface area (Å²) in [6.45, 7) is 4.87. The summed E-state index contributed by atoms with van der Waals surface area (Å²) in [5.41, 5.74) is 9.66. The molecular formula is C55H59Cl2N9O9S2. The third-order valence-electron chi connectivity index (χ3n) is 11.9. The molecule has 0 aliphatic carbocycles. The summed E-state index contributed by atoms with van der Waals surface area (Å²) in [4.78, 5) is 81.7. The number of pyridine rings is 2. The van der Waals surface area contributed by atoms with Crippen molar-refractivity contribution < 1.29 is 31.2 Å². The number of hydrogen-bond donors (Lipinski definition) is 3. The van der Waals surface area contributed by atoms with E-state index in [-0.39, 0.29) is 72.6 Å². The van der Waals surface area contributed by atoms with Crippen LogP contribution in [0.15, 0.2) is 119 Å². The molecule has 0 radical (unpaired) electrons. The van der Waals surface area contributed by atoms with Crippen molar-refractivity contribution >= 4 is 87.8 Å². The number of amides is 2. The second kappa shape index (κ2) is 24.6. The average molecular weight is 1130 g/mol. The summed E-state index contributed by atoms with van der Waals surface area (Å²) < 4.78 is 49.7. The van der Waals surface area contributed by atoms with Crippen LogP contribution in [0.25, 0.3) is 44.1 Å². The van der Waals surface area contributed by atoms with Crippen LogP contribution in [0.1, 0.15) is 96.9 Å². The van der Waals surface area contributed by atoms with Gasteiger partial charge in [0.05, 0.1) is 80.3 Å². The smallest absolute Gasteiger partial charge is 0.274 e. The number of hydrogen-bond acceptors (Lipinski definition) is 14. The SMILES string of the molecule is C.C.CC(=O)Cc1ncc(-c2cccc(CS(C)(=O)=O)c2)nc1C(=O)N[C@@H](C)c1cc2cccc(Cl)c2c(=O)n1C.C[C@H](NC(=O)c1nc(-c2cccc(CS(C)(=O)=O)c2)cnc1N)c1cc2cccc(Cl)c2c(=O)n1C. The first kappa shape index (κ1) is 60.2. The number of nitrogen functional groups attached to an aromatic ring is 1. The van der Waals surface area contributed by atoms with Crippen LogP contribution in [0.3, 0.4) is 0 Å². The number of carbonyl (C=O) groups excluding carboxylic acids is 3. The summed E-state index contributed by atoms with van der Waals surface area (Å²) in [7, 11) is -3.25. The molecule has 0 fully saturated rings. The van der Waals surface area contributed by atoms with E-state index >= 15 is 0 Å². The standard InChI is InChI=1S/C28H27ClN4O5S.C25H24ClN5O4S.2CH4/c1-16(34)11-22-26(32-23(14-30-22)19-8-5-7-18(12-19)15-39(4,37)38)27(35)31-17(2)24-13-20-9-6-10-21(29)25(20)28(36)33(24)3;1-14(20-11-17-8-5-9-18(26)21(17)25(33)31(20)2)29-24(32)22-23(27)28-12-19(30-22)16-7-4-6-15(10-16)13-36(3,34)35;;/h5-10,12-14,17H,11,15H2,1-4H3,(H,31,35);4-12,14H,13H2,1-3H3,(H2,27,28)(H,29,32);2*1H4/t17-;14-;;/m00../s1. The number of nitrogens with one attached hydrogen (secondary N) is 2. The maximum Gasteiger partial charge on any atom is 0.274 e. The normalized spacial score (nSPS) is 12.1. The summed E-state index contributed by atoms with van der Waals surface area (Å²) in [5, 5.41) is 8.51. The number of aromatic nitrogens is 6. The van der Waals surface area contributed by atoms with Gasteiger partial charge >= 0.3 is 0 Å². The molecule has 404 valence electrons. The van der Waals surface area contributed by atoms with Gasteiger partial charge in [0.2, 0.25) is 0 Å². The number of nitrogens with two attached hydrogens (primary N) is 1. The van der Waals surface area contributed by atoms with Crippen LogP contribution in [-0.2, 0) is 56.5 Å². The first-order valence-electron chi connectivity index (χ1n) is 23.0. The Morgan fingerprint density at radius 2 is 1.03 bits per heavy atom. The Labute approximate surface area is 456 Å². The third kappa shape index (κ3) is 14.4.